The molecule has 1 saturated carbocycles. The first-order valence-corrected chi connectivity index (χ1v) is 8.02. The summed E-state index contributed by atoms with van der Waals surface area (Å²) in [6, 6.07) is 12.5. The zero-order valence-electron chi connectivity index (χ0n) is 13.7. The molecule has 0 atom stereocenters. The van der Waals surface area contributed by atoms with Crippen LogP contribution in [0, 0.1) is 16.0 Å². The maximum absolute atomic E-state index is 12.1. The molecule has 2 aromatic rings. The highest BCUT2D eigenvalue weighted by molar-refractivity contribution is 5.97. The molecule has 0 spiro atoms. The maximum Gasteiger partial charge on any atom is 0.278 e. The number of anilines is 1. The number of benzene rings is 2. The van der Waals surface area contributed by atoms with E-state index in [0.29, 0.717) is 11.3 Å². The van der Waals surface area contributed by atoms with Gasteiger partial charge in [0.1, 0.15) is 0 Å². The van der Waals surface area contributed by atoms with E-state index in [1.807, 2.05) is 0 Å². The van der Waals surface area contributed by atoms with Gasteiger partial charge < -0.3 is 5.32 Å². The van der Waals surface area contributed by atoms with E-state index in [1.165, 1.54) is 18.3 Å². The lowest BCUT2D eigenvalue weighted by Crippen LogP contribution is -2.18. The van der Waals surface area contributed by atoms with E-state index in [9.17, 15) is 19.7 Å². The smallest absolute Gasteiger partial charge is 0.278 e. The van der Waals surface area contributed by atoms with Crippen LogP contribution in [0.2, 0.25) is 0 Å². The van der Waals surface area contributed by atoms with Gasteiger partial charge in [-0.25, -0.2) is 5.43 Å². The van der Waals surface area contributed by atoms with Crippen LogP contribution in [0.4, 0.5) is 11.4 Å². The van der Waals surface area contributed by atoms with Crippen molar-refractivity contribution in [2.24, 2.45) is 11.0 Å². The minimum atomic E-state index is -0.516. The molecule has 2 N–H and O–H groups in total. The van der Waals surface area contributed by atoms with E-state index in [-0.39, 0.29) is 23.1 Å². The number of nitrogens with one attached hydrogen (secondary N) is 2. The number of carbonyl (C=O) groups is 2. The quantitative estimate of drug-likeness (QED) is 0.472. The Morgan fingerprint density at radius 1 is 1.12 bits per heavy atom. The third kappa shape index (κ3) is 4.29. The molecule has 1 fully saturated rings. The molecule has 8 nitrogen and oxygen atoms in total. The molecule has 1 aliphatic rings. The van der Waals surface area contributed by atoms with Crippen LogP contribution in [0.15, 0.2) is 53.6 Å². The van der Waals surface area contributed by atoms with Crippen molar-refractivity contribution in [3.05, 3.63) is 69.8 Å². The van der Waals surface area contributed by atoms with E-state index >= 15 is 0 Å². The standard InChI is InChI=1S/C18H16N4O4/c23-17(12-5-6-12)20-15-9-7-13(8-10-15)18(24)21-19-11-14-3-1-2-4-16(14)22(25)26/h1-4,7-12H,5-6H2,(H,20,23)(H,21,24)/b19-11+. The normalized spacial score (nSPS) is 13.4. The Balaban J connectivity index is 1.59. The fraction of sp³-hybridized carbons (Fsp3) is 0.167. The van der Waals surface area contributed by atoms with Crippen LogP contribution in [-0.4, -0.2) is 23.0 Å². The molecule has 0 saturated heterocycles. The van der Waals surface area contributed by atoms with Crippen LogP contribution in [0.1, 0.15) is 28.8 Å². The number of nitrogens with zero attached hydrogens (tertiary/aromatic N) is 2. The lowest BCUT2D eigenvalue weighted by atomic mass is 10.2. The molecule has 0 aromatic heterocycles. The monoisotopic (exact) mass is 352 g/mol. The first kappa shape index (κ1) is 17.3. The Bertz CT molecular complexity index is 873. The van der Waals surface area contributed by atoms with Crippen LogP contribution in [0.25, 0.3) is 0 Å². The van der Waals surface area contributed by atoms with Gasteiger partial charge in [0, 0.05) is 23.2 Å². The first-order chi connectivity index (χ1) is 12.5. The van der Waals surface area contributed by atoms with Crippen molar-refractivity contribution < 1.29 is 14.5 Å². The number of amides is 2. The molecule has 8 heteroatoms. The summed E-state index contributed by atoms with van der Waals surface area (Å²) in [6.45, 7) is 0. The lowest BCUT2D eigenvalue weighted by Gasteiger charge is -2.05. The third-order valence-corrected chi connectivity index (χ3v) is 3.87. The second kappa shape index (κ2) is 7.56. The molecule has 0 bridgehead atoms. The van der Waals surface area contributed by atoms with Gasteiger partial charge in [-0.05, 0) is 43.2 Å². The van der Waals surface area contributed by atoms with Crippen LogP contribution >= 0.6 is 0 Å². The average molecular weight is 352 g/mol. The molecule has 0 aliphatic heterocycles. The lowest BCUT2D eigenvalue weighted by molar-refractivity contribution is -0.385. The van der Waals surface area contributed by atoms with Crippen molar-refractivity contribution in [3.63, 3.8) is 0 Å². The zero-order valence-corrected chi connectivity index (χ0v) is 13.7. The van der Waals surface area contributed by atoms with Crippen LogP contribution in [-0.2, 0) is 4.79 Å². The number of hydrogen-bond acceptors (Lipinski definition) is 5. The average Bonchev–Trinajstić information content (AvgIpc) is 3.47. The Morgan fingerprint density at radius 3 is 2.46 bits per heavy atom. The third-order valence-electron chi connectivity index (χ3n) is 3.87. The molecular weight excluding hydrogens is 336 g/mol. The van der Waals surface area contributed by atoms with Crippen LogP contribution in [0.5, 0.6) is 0 Å². The SMILES string of the molecule is O=C(N/N=C/c1ccccc1[N+](=O)[O-])c1ccc(NC(=O)C2CC2)cc1. The van der Waals surface area contributed by atoms with E-state index in [1.54, 1.807) is 36.4 Å². The van der Waals surface area contributed by atoms with Crippen molar-refractivity contribution in [1.29, 1.82) is 0 Å². The van der Waals surface area contributed by atoms with Gasteiger partial charge in [0.15, 0.2) is 0 Å². The number of para-hydroxylation sites is 1. The predicted octanol–water partition coefficient (Wildman–Crippen LogP) is 2.71. The Morgan fingerprint density at radius 2 is 1.81 bits per heavy atom. The molecule has 0 radical (unpaired) electrons. The zero-order chi connectivity index (χ0) is 18.5. The van der Waals surface area contributed by atoms with Crippen molar-refractivity contribution in [2.75, 3.05) is 5.32 Å². The maximum atomic E-state index is 12.1. The van der Waals surface area contributed by atoms with Crippen molar-refractivity contribution in [3.8, 4) is 0 Å². The van der Waals surface area contributed by atoms with Crippen LogP contribution < -0.4 is 10.7 Å². The fourth-order valence-electron chi connectivity index (χ4n) is 2.28. The van der Waals surface area contributed by atoms with Gasteiger partial charge >= 0.3 is 0 Å². The summed E-state index contributed by atoms with van der Waals surface area (Å²) in [7, 11) is 0. The van der Waals surface area contributed by atoms with E-state index in [4.69, 9.17) is 0 Å². The van der Waals surface area contributed by atoms with Gasteiger partial charge in [-0.15, -0.1) is 0 Å². The molecule has 2 aromatic carbocycles. The molecule has 132 valence electrons. The molecule has 0 unspecified atom stereocenters. The first-order valence-electron chi connectivity index (χ1n) is 8.02. The van der Waals surface area contributed by atoms with Gasteiger partial charge in [-0.3, -0.25) is 19.7 Å². The van der Waals surface area contributed by atoms with E-state index in [0.717, 1.165) is 12.8 Å². The minimum absolute atomic E-state index is 0.00347. The summed E-state index contributed by atoms with van der Waals surface area (Å²) in [6.07, 6.45) is 3.06. The number of nitro groups is 1. The van der Waals surface area contributed by atoms with Gasteiger partial charge in [0.05, 0.1) is 16.7 Å². The molecular formula is C18H16N4O4. The fourth-order valence-corrected chi connectivity index (χ4v) is 2.28. The summed E-state index contributed by atoms with van der Waals surface area (Å²) in [5, 5.41) is 17.5. The second-order valence-electron chi connectivity index (χ2n) is 5.86. The summed E-state index contributed by atoms with van der Waals surface area (Å²) in [4.78, 5) is 34.2. The van der Waals surface area contributed by atoms with Gasteiger partial charge in [0.2, 0.25) is 5.91 Å². The predicted molar refractivity (Wildman–Crippen MR) is 96.0 cm³/mol. The van der Waals surface area contributed by atoms with Crippen LogP contribution in [0.3, 0.4) is 0 Å². The minimum Gasteiger partial charge on any atom is -0.326 e. The molecule has 2 amide bonds. The Labute approximate surface area is 149 Å². The number of hydrazone groups is 1. The Kier molecular flexibility index (Phi) is 5.02. The molecule has 0 heterocycles. The highest BCUT2D eigenvalue weighted by Crippen LogP contribution is 2.30. The summed E-state index contributed by atoms with van der Waals surface area (Å²) in [5.41, 5.74) is 3.50. The second-order valence-corrected chi connectivity index (χ2v) is 5.86. The van der Waals surface area contributed by atoms with Crippen molar-refractivity contribution in [1.82, 2.24) is 5.43 Å². The molecule has 26 heavy (non-hydrogen) atoms. The van der Waals surface area contributed by atoms with Gasteiger partial charge in [-0.2, -0.15) is 5.10 Å². The molecule has 3 rings (SSSR count). The number of rotatable bonds is 6. The summed E-state index contributed by atoms with van der Waals surface area (Å²) in [5.74, 6) is -0.356. The summed E-state index contributed by atoms with van der Waals surface area (Å²) >= 11 is 0. The highest BCUT2D eigenvalue weighted by Gasteiger charge is 2.29. The van der Waals surface area contributed by atoms with Crippen molar-refractivity contribution in [2.45, 2.75) is 12.8 Å². The summed E-state index contributed by atoms with van der Waals surface area (Å²) < 4.78 is 0. The highest BCUT2D eigenvalue weighted by atomic mass is 16.6. The van der Waals surface area contributed by atoms with Crippen molar-refractivity contribution >= 4 is 29.4 Å². The largest absolute Gasteiger partial charge is 0.326 e. The van der Waals surface area contributed by atoms with E-state index in [2.05, 4.69) is 15.8 Å². The Hall–Kier alpha value is -3.55. The molecule has 1 aliphatic carbocycles. The van der Waals surface area contributed by atoms with E-state index < -0.39 is 10.8 Å². The number of hydrogen-bond donors (Lipinski definition) is 2. The number of nitro benzene ring substituents is 1. The van der Waals surface area contributed by atoms with Gasteiger partial charge in [0.25, 0.3) is 11.6 Å². The topological polar surface area (TPSA) is 114 Å². The number of carbonyl (C=O) groups excluding carboxylic acids is 2. The van der Waals surface area contributed by atoms with Gasteiger partial charge in [-0.1, -0.05) is 12.1 Å².